The Bertz CT molecular complexity index is 542. The van der Waals surface area contributed by atoms with Crippen molar-refractivity contribution in [2.45, 2.75) is 19.8 Å². The quantitative estimate of drug-likeness (QED) is 0.482. The number of carbonyl (C=O) groups is 1. The van der Waals surface area contributed by atoms with Gasteiger partial charge in [0.2, 0.25) is 0 Å². The number of hydrogen-bond donors (Lipinski definition) is 2. The zero-order valence-corrected chi connectivity index (χ0v) is 11.1. The molecule has 4 N–H and O–H groups in total. The lowest BCUT2D eigenvalue weighted by atomic mass is 10.0. The third-order valence-electron chi connectivity index (χ3n) is 3.50. The van der Waals surface area contributed by atoms with Gasteiger partial charge in [-0.2, -0.15) is 0 Å². The van der Waals surface area contributed by atoms with Crippen LogP contribution < -0.4 is 11.5 Å². The number of aliphatic imine (C=N–C) groups is 1. The number of nitrogens with zero attached hydrogens (tertiary/aromatic N) is 1. The number of anilines is 1. The Kier molecular flexibility index (Phi) is 3.69. The van der Waals surface area contributed by atoms with Gasteiger partial charge in [0.15, 0.2) is 6.29 Å². The Morgan fingerprint density at radius 3 is 2.79 bits per heavy atom. The molecule has 0 spiro atoms. The second-order valence-electron chi connectivity index (χ2n) is 5.37. The second-order valence-corrected chi connectivity index (χ2v) is 5.37. The molecule has 0 bridgehead atoms. The number of allylic oxidation sites excluding steroid dienone is 1. The summed E-state index contributed by atoms with van der Waals surface area (Å²) in [6.45, 7) is 3.02. The van der Waals surface area contributed by atoms with Gasteiger partial charge in [-0.3, -0.25) is 9.79 Å². The summed E-state index contributed by atoms with van der Waals surface area (Å²) < 4.78 is 0. The molecule has 0 aromatic heterocycles. The number of carbonyl (C=O) groups excluding carboxylic acids is 1. The van der Waals surface area contributed by atoms with Gasteiger partial charge < -0.3 is 11.5 Å². The summed E-state index contributed by atoms with van der Waals surface area (Å²) in [7, 11) is 0. The summed E-state index contributed by atoms with van der Waals surface area (Å²) in [5, 5.41) is 0. The van der Waals surface area contributed by atoms with Crippen LogP contribution in [0.5, 0.6) is 0 Å². The maximum atomic E-state index is 11.1. The fourth-order valence-corrected chi connectivity index (χ4v) is 1.88. The topological polar surface area (TPSA) is 81.5 Å². The highest BCUT2D eigenvalue weighted by Crippen LogP contribution is 2.44. The van der Waals surface area contributed by atoms with Crippen LogP contribution in [-0.4, -0.2) is 19.0 Å². The fraction of sp³-hybridized carbons (Fsp3) is 0.333. The number of rotatable bonds is 5. The van der Waals surface area contributed by atoms with E-state index in [-0.39, 0.29) is 0 Å². The standard InChI is InChI=1S/C15H19N3O/c1-15(4-5-15)10-18-8-12(7-16)14-3-2-13(17)6-11(14)9-19/h2-3,6-9H,4-5,10,16-17H2,1H3. The molecule has 4 heteroatoms. The second kappa shape index (κ2) is 5.26. The molecular weight excluding hydrogens is 238 g/mol. The molecule has 19 heavy (non-hydrogen) atoms. The first kappa shape index (κ1) is 13.3. The van der Waals surface area contributed by atoms with Gasteiger partial charge in [-0.15, -0.1) is 0 Å². The van der Waals surface area contributed by atoms with Crippen LogP contribution in [0, 0.1) is 5.41 Å². The van der Waals surface area contributed by atoms with E-state index < -0.39 is 0 Å². The van der Waals surface area contributed by atoms with Crippen molar-refractivity contribution >= 4 is 23.8 Å². The molecule has 1 saturated carbocycles. The Hall–Kier alpha value is -2.10. The molecule has 0 amide bonds. The summed E-state index contributed by atoms with van der Waals surface area (Å²) >= 11 is 0. The van der Waals surface area contributed by atoms with Crippen LogP contribution in [0.25, 0.3) is 5.57 Å². The van der Waals surface area contributed by atoms with Gasteiger partial charge >= 0.3 is 0 Å². The summed E-state index contributed by atoms with van der Waals surface area (Å²) in [6.07, 6.45) is 6.45. The predicted molar refractivity (Wildman–Crippen MR) is 79.1 cm³/mol. The van der Waals surface area contributed by atoms with Gasteiger partial charge in [0.1, 0.15) is 0 Å². The fourth-order valence-electron chi connectivity index (χ4n) is 1.88. The van der Waals surface area contributed by atoms with Crippen molar-refractivity contribution < 1.29 is 4.79 Å². The predicted octanol–water partition coefficient (Wildman–Crippen LogP) is 2.25. The van der Waals surface area contributed by atoms with E-state index in [2.05, 4.69) is 11.9 Å². The highest BCUT2D eigenvalue weighted by Gasteiger charge is 2.36. The highest BCUT2D eigenvalue weighted by molar-refractivity contribution is 6.12. The molecule has 1 fully saturated rings. The minimum Gasteiger partial charge on any atom is -0.404 e. The first-order valence-electron chi connectivity index (χ1n) is 6.35. The van der Waals surface area contributed by atoms with Crippen LogP contribution >= 0.6 is 0 Å². The van der Waals surface area contributed by atoms with E-state index in [9.17, 15) is 4.79 Å². The zero-order chi connectivity index (χ0) is 13.9. The first-order valence-corrected chi connectivity index (χ1v) is 6.35. The molecule has 1 aliphatic rings. The molecule has 1 aliphatic carbocycles. The average Bonchev–Trinajstić information content (AvgIpc) is 3.13. The lowest BCUT2D eigenvalue weighted by Gasteiger charge is -2.07. The molecule has 1 aromatic rings. The lowest BCUT2D eigenvalue weighted by molar-refractivity contribution is 0.112. The molecule has 1 aromatic carbocycles. The highest BCUT2D eigenvalue weighted by atomic mass is 16.1. The number of benzene rings is 1. The number of nitrogens with two attached hydrogens (primary N) is 2. The lowest BCUT2D eigenvalue weighted by Crippen LogP contribution is -2.01. The Balaban J connectivity index is 2.20. The van der Waals surface area contributed by atoms with E-state index in [0.29, 0.717) is 16.7 Å². The van der Waals surface area contributed by atoms with Crippen molar-refractivity contribution in [1.82, 2.24) is 0 Å². The van der Waals surface area contributed by atoms with Gasteiger partial charge in [-0.1, -0.05) is 13.0 Å². The van der Waals surface area contributed by atoms with E-state index in [1.165, 1.54) is 19.0 Å². The monoisotopic (exact) mass is 257 g/mol. The van der Waals surface area contributed by atoms with Gasteiger partial charge in [0.25, 0.3) is 0 Å². The summed E-state index contributed by atoms with van der Waals surface area (Å²) in [5.74, 6) is 0. The van der Waals surface area contributed by atoms with Crippen LogP contribution in [0.15, 0.2) is 29.4 Å². The maximum Gasteiger partial charge on any atom is 0.150 e. The minimum absolute atomic E-state index is 0.366. The van der Waals surface area contributed by atoms with Crippen LogP contribution in [0.4, 0.5) is 5.69 Å². The van der Waals surface area contributed by atoms with Crippen LogP contribution in [0.1, 0.15) is 35.7 Å². The van der Waals surface area contributed by atoms with Crippen LogP contribution in [0.3, 0.4) is 0 Å². The van der Waals surface area contributed by atoms with E-state index in [4.69, 9.17) is 11.5 Å². The Morgan fingerprint density at radius 1 is 1.47 bits per heavy atom. The number of hydrogen-bond acceptors (Lipinski definition) is 4. The van der Waals surface area contributed by atoms with Crippen molar-refractivity contribution in [3.63, 3.8) is 0 Å². The van der Waals surface area contributed by atoms with E-state index in [1.54, 1.807) is 24.4 Å². The molecule has 0 atom stereocenters. The molecule has 4 nitrogen and oxygen atoms in total. The molecule has 0 radical (unpaired) electrons. The third-order valence-corrected chi connectivity index (χ3v) is 3.50. The smallest absolute Gasteiger partial charge is 0.150 e. The van der Waals surface area contributed by atoms with Crippen molar-refractivity contribution in [2.24, 2.45) is 16.1 Å². The van der Waals surface area contributed by atoms with Crippen molar-refractivity contribution in [3.05, 3.63) is 35.5 Å². The molecule has 0 unspecified atom stereocenters. The molecule has 0 aliphatic heterocycles. The summed E-state index contributed by atoms with van der Waals surface area (Å²) in [6, 6.07) is 5.19. The molecule has 0 saturated heterocycles. The van der Waals surface area contributed by atoms with E-state index in [0.717, 1.165) is 24.0 Å². The maximum absolute atomic E-state index is 11.1. The Morgan fingerprint density at radius 2 is 2.21 bits per heavy atom. The van der Waals surface area contributed by atoms with Gasteiger partial charge in [-0.25, -0.2) is 0 Å². The van der Waals surface area contributed by atoms with Crippen molar-refractivity contribution in [3.8, 4) is 0 Å². The number of nitrogen functional groups attached to an aromatic ring is 1. The van der Waals surface area contributed by atoms with Crippen LogP contribution in [0.2, 0.25) is 0 Å². The summed E-state index contributed by atoms with van der Waals surface area (Å²) in [4.78, 5) is 15.5. The minimum atomic E-state index is 0.366. The Labute approximate surface area is 113 Å². The first-order chi connectivity index (χ1) is 9.08. The van der Waals surface area contributed by atoms with Crippen molar-refractivity contribution in [1.29, 1.82) is 0 Å². The van der Waals surface area contributed by atoms with Crippen molar-refractivity contribution in [2.75, 3.05) is 12.3 Å². The molecular formula is C15H19N3O. The largest absolute Gasteiger partial charge is 0.404 e. The zero-order valence-electron chi connectivity index (χ0n) is 11.1. The van der Waals surface area contributed by atoms with Gasteiger partial charge in [0, 0.05) is 35.8 Å². The molecule has 0 heterocycles. The van der Waals surface area contributed by atoms with Gasteiger partial charge in [-0.05, 0) is 36.0 Å². The third kappa shape index (κ3) is 3.22. The van der Waals surface area contributed by atoms with E-state index in [1.807, 2.05) is 0 Å². The summed E-state index contributed by atoms with van der Waals surface area (Å²) in [5.41, 5.74) is 14.3. The molecule has 2 rings (SSSR count). The van der Waals surface area contributed by atoms with E-state index >= 15 is 0 Å². The number of aldehydes is 1. The van der Waals surface area contributed by atoms with Crippen LogP contribution in [-0.2, 0) is 0 Å². The average molecular weight is 257 g/mol. The SMILES string of the molecule is CC1(CN=CC(=CN)c2ccc(N)cc2C=O)CC1. The van der Waals surface area contributed by atoms with Gasteiger partial charge in [0.05, 0.1) is 0 Å². The molecule has 100 valence electrons. The normalized spacial score (nSPS) is 17.6.